The van der Waals surface area contributed by atoms with Gasteiger partial charge in [-0.2, -0.15) is 8.78 Å². The van der Waals surface area contributed by atoms with Crippen molar-refractivity contribution < 1.29 is 18.3 Å². The van der Waals surface area contributed by atoms with Crippen LogP contribution in [0.2, 0.25) is 0 Å². The van der Waals surface area contributed by atoms with Crippen LogP contribution in [0.15, 0.2) is 24.3 Å². The van der Waals surface area contributed by atoms with Gasteiger partial charge in [-0.15, -0.1) is 0 Å². The number of benzene rings is 1. The van der Waals surface area contributed by atoms with Gasteiger partial charge >= 0.3 is 6.61 Å². The molecule has 3 N–H and O–H groups in total. The lowest BCUT2D eigenvalue weighted by Gasteiger charge is -2.13. The van der Waals surface area contributed by atoms with Crippen LogP contribution >= 0.6 is 0 Å². The van der Waals surface area contributed by atoms with Crippen molar-refractivity contribution in [1.82, 2.24) is 5.32 Å². The fourth-order valence-corrected chi connectivity index (χ4v) is 2.02. The first kappa shape index (κ1) is 14.7. The summed E-state index contributed by atoms with van der Waals surface area (Å²) in [6, 6.07) is 6.26. The van der Waals surface area contributed by atoms with Gasteiger partial charge in [0.05, 0.1) is 6.42 Å². The van der Waals surface area contributed by atoms with E-state index in [9.17, 15) is 13.6 Å². The van der Waals surface area contributed by atoms with E-state index in [0.717, 1.165) is 12.8 Å². The lowest BCUT2D eigenvalue weighted by molar-refractivity contribution is -0.120. The molecular formula is C14H18F2N2O2. The molecule has 6 heteroatoms. The van der Waals surface area contributed by atoms with Gasteiger partial charge in [0, 0.05) is 18.2 Å². The molecule has 0 spiro atoms. The molecule has 1 aliphatic rings. The van der Waals surface area contributed by atoms with Crippen LogP contribution in [0.4, 0.5) is 8.78 Å². The Labute approximate surface area is 116 Å². The Morgan fingerprint density at radius 2 is 2.10 bits per heavy atom. The van der Waals surface area contributed by atoms with Gasteiger partial charge in [0.15, 0.2) is 0 Å². The fourth-order valence-electron chi connectivity index (χ4n) is 2.02. The van der Waals surface area contributed by atoms with Gasteiger partial charge in [-0.05, 0) is 24.8 Å². The summed E-state index contributed by atoms with van der Waals surface area (Å²) in [7, 11) is 0. The summed E-state index contributed by atoms with van der Waals surface area (Å²) < 4.78 is 28.9. The van der Waals surface area contributed by atoms with E-state index in [1.54, 1.807) is 18.2 Å². The second-order valence-electron chi connectivity index (χ2n) is 4.97. The van der Waals surface area contributed by atoms with Crippen molar-refractivity contribution >= 4 is 5.91 Å². The van der Waals surface area contributed by atoms with Crippen molar-refractivity contribution in [3.8, 4) is 5.75 Å². The first-order chi connectivity index (χ1) is 9.56. The third kappa shape index (κ3) is 4.45. The first-order valence-electron chi connectivity index (χ1n) is 6.61. The van der Waals surface area contributed by atoms with Gasteiger partial charge in [-0.25, -0.2) is 0 Å². The Kier molecular flexibility index (Phi) is 4.89. The molecule has 1 aromatic rings. The second-order valence-corrected chi connectivity index (χ2v) is 4.97. The number of nitrogens with one attached hydrogen (secondary N) is 1. The molecule has 110 valence electrons. The number of para-hydroxylation sites is 1. The Morgan fingerprint density at radius 1 is 1.40 bits per heavy atom. The van der Waals surface area contributed by atoms with Crippen molar-refractivity contribution in [1.29, 1.82) is 0 Å². The number of alkyl halides is 2. The molecule has 1 aromatic carbocycles. The maximum Gasteiger partial charge on any atom is 0.387 e. The molecule has 1 saturated carbocycles. The maximum atomic E-state index is 12.2. The highest BCUT2D eigenvalue weighted by Gasteiger charge is 2.28. The summed E-state index contributed by atoms with van der Waals surface area (Å²) >= 11 is 0. The van der Waals surface area contributed by atoms with Gasteiger partial charge in [-0.3, -0.25) is 4.79 Å². The van der Waals surface area contributed by atoms with Crippen molar-refractivity contribution in [3.05, 3.63) is 29.8 Å². The molecule has 20 heavy (non-hydrogen) atoms. The summed E-state index contributed by atoms with van der Waals surface area (Å²) in [6.45, 7) is -2.48. The lowest BCUT2D eigenvalue weighted by atomic mass is 10.1. The number of rotatable bonds is 7. The average molecular weight is 284 g/mol. The molecule has 1 atom stereocenters. The Morgan fingerprint density at radius 3 is 2.75 bits per heavy atom. The molecular weight excluding hydrogens is 266 g/mol. The molecule has 0 radical (unpaired) electrons. The molecule has 0 aromatic heterocycles. The number of carbonyl (C=O) groups is 1. The fraction of sp³-hybridized carbons (Fsp3) is 0.500. The topological polar surface area (TPSA) is 64.3 Å². The molecule has 0 heterocycles. The molecule has 1 fully saturated rings. The zero-order valence-electron chi connectivity index (χ0n) is 11.0. The number of amides is 1. The summed E-state index contributed by atoms with van der Waals surface area (Å²) in [5.74, 6) is 0.292. The van der Waals surface area contributed by atoms with Gasteiger partial charge in [0.2, 0.25) is 5.91 Å². The van der Waals surface area contributed by atoms with Gasteiger partial charge < -0.3 is 15.8 Å². The third-order valence-corrected chi connectivity index (χ3v) is 3.30. The third-order valence-electron chi connectivity index (χ3n) is 3.30. The molecule has 4 nitrogen and oxygen atoms in total. The van der Waals surface area contributed by atoms with Crippen LogP contribution < -0.4 is 15.8 Å². The molecule has 1 aliphatic carbocycles. The van der Waals surface area contributed by atoms with E-state index in [-0.39, 0.29) is 24.1 Å². The normalized spacial score (nSPS) is 16.0. The first-order valence-corrected chi connectivity index (χ1v) is 6.61. The van der Waals surface area contributed by atoms with Crippen LogP contribution in [-0.4, -0.2) is 25.1 Å². The number of carbonyl (C=O) groups excluding carboxylic acids is 1. The van der Waals surface area contributed by atoms with E-state index in [0.29, 0.717) is 18.0 Å². The quantitative estimate of drug-likeness (QED) is 0.800. The molecule has 0 saturated heterocycles. The SMILES string of the molecule is NC(CNC(=O)Cc1ccccc1OC(F)F)C1CC1. The monoisotopic (exact) mass is 284 g/mol. The maximum absolute atomic E-state index is 12.2. The average Bonchev–Trinajstić information content (AvgIpc) is 3.22. The molecule has 1 amide bonds. The summed E-state index contributed by atoms with van der Waals surface area (Å²) in [5, 5.41) is 2.73. The van der Waals surface area contributed by atoms with Crippen LogP contribution in [0, 0.1) is 5.92 Å². The van der Waals surface area contributed by atoms with Gasteiger partial charge in [0.25, 0.3) is 0 Å². The van der Waals surface area contributed by atoms with E-state index < -0.39 is 6.61 Å². The zero-order chi connectivity index (χ0) is 14.5. The van der Waals surface area contributed by atoms with E-state index in [1.165, 1.54) is 6.07 Å². The summed E-state index contributed by atoms with van der Waals surface area (Å²) in [6.07, 6.45) is 2.23. The van der Waals surface area contributed by atoms with E-state index >= 15 is 0 Å². The standard InChI is InChI=1S/C14H18F2N2O2/c15-14(16)20-12-4-2-1-3-10(12)7-13(19)18-8-11(17)9-5-6-9/h1-4,9,11,14H,5-8,17H2,(H,18,19). The minimum Gasteiger partial charge on any atom is -0.435 e. The Hall–Kier alpha value is -1.69. The minimum atomic E-state index is -2.90. The highest BCUT2D eigenvalue weighted by atomic mass is 19.3. The Balaban J connectivity index is 1.86. The highest BCUT2D eigenvalue weighted by molar-refractivity contribution is 5.79. The number of nitrogens with two attached hydrogens (primary N) is 1. The van der Waals surface area contributed by atoms with Crippen LogP contribution in [0.25, 0.3) is 0 Å². The number of ether oxygens (including phenoxy) is 1. The van der Waals surface area contributed by atoms with Gasteiger partial charge in [0.1, 0.15) is 5.75 Å². The molecule has 0 bridgehead atoms. The van der Waals surface area contributed by atoms with Crippen molar-refractivity contribution in [2.75, 3.05) is 6.54 Å². The van der Waals surface area contributed by atoms with Crippen LogP contribution in [0.1, 0.15) is 18.4 Å². The minimum absolute atomic E-state index is 0.000278. The summed E-state index contributed by atoms with van der Waals surface area (Å²) in [5.41, 5.74) is 6.31. The number of hydrogen-bond donors (Lipinski definition) is 2. The molecule has 2 rings (SSSR count). The molecule has 1 unspecified atom stereocenters. The second kappa shape index (κ2) is 6.65. The van der Waals surface area contributed by atoms with Crippen molar-refractivity contribution in [3.63, 3.8) is 0 Å². The highest BCUT2D eigenvalue weighted by Crippen LogP contribution is 2.31. The largest absolute Gasteiger partial charge is 0.435 e. The van der Waals surface area contributed by atoms with Crippen molar-refractivity contribution in [2.45, 2.75) is 31.9 Å². The zero-order valence-corrected chi connectivity index (χ0v) is 11.0. The Bertz CT molecular complexity index is 464. The predicted octanol–water partition coefficient (Wildman–Crippen LogP) is 1.68. The predicted molar refractivity (Wildman–Crippen MR) is 70.5 cm³/mol. The van der Waals surface area contributed by atoms with Gasteiger partial charge in [-0.1, -0.05) is 18.2 Å². The van der Waals surface area contributed by atoms with E-state index in [1.807, 2.05) is 0 Å². The van der Waals surface area contributed by atoms with Crippen molar-refractivity contribution in [2.24, 2.45) is 11.7 Å². The van der Waals surface area contributed by atoms with E-state index in [2.05, 4.69) is 10.1 Å². The number of hydrogen-bond acceptors (Lipinski definition) is 3. The summed E-state index contributed by atoms with van der Waals surface area (Å²) in [4.78, 5) is 11.8. The van der Waals surface area contributed by atoms with Crippen LogP contribution in [-0.2, 0) is 11.2 Å². The van der Waals surface area contributed by atoms with E-state index in [4.69, 9.17) is 5.73 Å². The number of halogens is 2. The molecule has 0 aliphatic heterocycles. The lowest BCUT2D eigenvalue weighted by Crippen LogP contribution is -2.39. The van der Waals surface area contributed by atoms with Crippen LogP contribution in [0.5, 0.6) is 5.75 Å². The smallest absolute Gasteiger partial charge is 0.387 e. The van der Waals surface area contributed by atoms with Crippen LogP contribution in [0.3, 0.4) is 0 Å².